The highest BCUT2D eigenvalue weighted by Crippen LogP contribution is 2.39. The first-order valence-corrected chi connectivity index (χ1v) is 11.0. The molecule has 0 saturated heterocycles. The third-order valence-electron chi connectivity index (χ3n) is 5.93. The van der Waals surface area contributed by atoms with Crippen molar-refractivity contribution in [2.45, 2.75) is 31.1 Å². The van der Waals surface area contributed by atoms with Gasteiger partial charge in [-0.1, -0.05) is 78.0 Å². The van der Waals surface area contributed by atoms with Gasteiger partial charge < -0.3 is 5.21 Å². The molecule has 0 aliphatic rings. The molecule has 0 amide bonds. The van der Waals surface area contributed by atoms with Crippen LogP contribution in [0.5, 0.6) is 0 Å². The van der Waals surface area contributed by atoms with Crippen LogP contribution >= 0.6 is 0 Å². The molecule has 4 nitrogen and oxygen atoms in total. The van der Waals surface area contributed by atoms with Crippen LogP contribution in [0.25, 0.3) is 0 Å². The zero-order valence-corrected chi connectivity index (χ0v) is 18.0. The SMILES string of the molecule is ON=C(CC(c1cccnc1)C(CCc1cccnc1)c1ccccc1)c1ccccc1. The van der Waals surface area contributed by atoms with Crippen molar-refractivity contribution in [2.24, 2.45) is 5.16 Å². The van der Waals surface area contributed by atoms with Crippen molar-refractivity contribution in [3.05, 3.63) is 132 Å². The molecule has 2 atom stereocenters. The summed E-state index contributed by atoms with van der Waals surface area (Å²) in [5.74, 6) is 0.329. The first kappa shape index (κ1) is 21.4. The maximum atomic E-state index is 9.90. The molecule has 0 saturated carbocycles. The van der Waals surface area contributed by atoms with Crippen LogP contribution in [0.1, 0.15) is 46.9 Å². The third kappa shape index (κ3) is 5.46. The van der Waals surface area contributed by atoms with E-state index in [0.717, 1.165) is 24.0 Å². The second-order valence-electron chi connectivity index (χ2n) is 7.93. The van der Waals surface area contributed by atoms with Crippen LogP contribution in [0.4, 0.5) is 0 Å². The Morgan fingerprint density at radius 3 is 2.00 bits per heavy atom. The van der Waals surface area contributed by atoms with E-state index in [1.165, 1.54) is 11.1 Å². The Kier molecular flexibility index (Phi) is 7.38. The summed E-state index contributed by atoms with van der Waals surface area (Å²) in [4.78, 5) is 8.67. The minimum absolute atomic E-state index is 0.105. The smallest absolute Gasteiger partial charge is 0.0874 e. The fourth-order valence-electron chi connectivity index (χ4n) is 4.31. The number of rotatable bonds is 9. The van der Waals surface area contributed by atoms with E-state index in [1.807, 2.05) is 60.9 Å². The van der Waals surface area contributed by atoms with Gasteiger partial charge in [0.2, 0.25) is 0 Å². The molecule has 0 bridgehead atoms. The van der Waals surface area contributed by atoms with E-state index in [4.69, 9.17) is 0 Å². The summed E-state index contributed by atoms with van der Waals surface area (Å²) in [6.07, 6.45) is 9.95. The molecule has 4 heteroatoms. The van der Waals surface area contributed by atoms with Gasteiger partial charge >= 0.3 is 0 Å². The van der Waals surface area contributed by atoms with E-state index >= 15 is 0 Å². The van der Waals surface area contributed by atoms with Gasteiger partial charge in [0, 0.05) is 31.2 Å². The number of oxime groups is 1. The van der Waals surface area contributed by atoms with Gasteiger partial charge in [0.1, 0.15) is 0 Å². The summed E-state index contributed by atoms with van der Waals surface area (Å²) in [5, 5.41) is 13.6. The fourth-order valence-corrected chi connectivity index (χ4v) is 4.31. The van der Waals surface area contributed by atoms with Gasteiger partial charge in [-0.15, -0.1) is 0 Å². The second-order valence-corrected chi connectivity index (χ2v) is 7.93. The van der Waals surface area contributed by atoms with E-state index in [0.29, 0.717) is 12.1 Å². The number of pyridine rings is 2. The predicted molar refractivity (Wildman–Crippen MR) is 128 cm³/mol. The standard InChI is InChI=1S/C28H27N3O/c32-31-28(24-12-5-2-6-13-24)19-27(25-14-8-18-30-21-25)26(23-10-3-1-4-11-23)16-15-22-9-7-17-29-20-22/h1-14,17-18,20-21,26-27,32H,15-16,19H2. The Balaban J connectivity index is 1.71. The van der Waals surface area contributed by atoms with Crippen LogP contribution in [0.3, 0.4) is 0 Å². The number of nitrogens with zero attached hydrogens (tertiary/aromatic N) is 3. The number of aromatic nitrogens is 2. The molecule has 4 aromatic rings. The molecule has 2 aromatic heterocycles. The van der Waals surface area contributed by atoms with Gasteiger partial charge in [-0.3, -0.25) is 9.97 Å². The summed E-state index contributed by atoms with van der Waals surface area (Å²) < 4.78 is 0. The molecule has 0 fully saturated rings. The second kappa shape index (κ2) is 11.0. The van der Waals surface area contributed by atoms with Crippen LogP contribution in [0.15, 0.2) is 115 Å². The molecule has 4 rings (SSSR count). The predicted octanol–water partition coefficient (Wildman–Crippen LogP) is 6.25. The van der Waals surface area contributed by atoms with Crippen molar-refractivity contribution in [2.75, 3.05) is 0 Å². The molecule has 0 spiro atoms. The Morgan fingerprint density at radius 2 is 1.38 bits per heavy atom. The van der Waals surface area contributed by atoms with Crippen molar-refractivity contribution in [3.8, 4) is 0 Å². The zero-order chi connectivity index (χ0) is 22.0. The molecule has 160 valence electrons. The van der Waals surface area contributed by atoms with Crippen molar-refractivity contribution in [1.82, 2.24) is 9.97 Å². The summed E-state index contributed by atoms with van der Waals surface area (Å²) in [5.41, 5.74) is 5.25. The van der Waals surface area contributed by atoms with Gasteiger partial charge in [-0.05, 0) is 59.1 Å². The van der Waals surface area contributed by atoms with E-state index in [2.05, 4.69) is 51.5 Å². The summed E-state index contributed by atoms with van der Waals surface area (Å²) >= 11 is 0. The minimum atomic E-state index is 0.105. The Morgan fingerprint density at radius 1 is 0.719 bits per heavy atom. The highest BCUT2D eigenvalue weighted by molar-refractivity contribution is 6.00. The lowest BCUT2D eigenvalue weighted by Crippen LogP contribution is -2.18. The summed E-state index contributed by atoms with van der Waals surface area (Å²) in [6.45, 7) is 0. The van der Waals surface area contributed by atoms with Crippen LogP contribution in [0.2, 0.25) is 0 Å². The van der Waals surface area contributed by atoms with Gasteiger partial charge in [-0.25, -0.2) is 0 Å². The lowest BCUT2D eigenvalue weighted by molar-refractivity contribution is 0.316. The third-order valence-corrected chi connectivity index (χ3v) is 5.93. The summed E-state index contributed by atoms with van der Waals surface area (Å²) in [7, 11) is 0. The fraction of sp³-hybridized carbons (Fsp3) is 0.179. The number of hydrogen-bond acceptors (Lipinski definition) is 4. The van der Waals surface area contributed by atoms with Crippen molar-refractivity contribution in [1.29, 1.82) is 0 Å². The summed E-state index contributed by atoms with van der Waals surface area (Å²) in [6, 6.07) is 28.7. The van der Waals surface area contributed by atoms with Crippen LogP contribution < -0.4 is 0 Å². The lowest BCUT2D eigenvalue weighted by atomic mass is 9.75. The van der Waals surface area contributed by atoms with Gasteiger partial charge in [0.15, 0.2) is 0 Å². The van der Waals surface area contributed by atoms with Crippen molar-refractivity contribution in [3.63, 3.8) is 0 Å². The quantitative estimate of drug-likeness (QED) is 0.197. The molecular formula is C28H27N3O. The first-order chi connectivity index (χ1) is 15.8. The monoisotopic (exact) mass is 421 g/mol. The largest absolute Gasteiger partial charge is 0.411 e. The van der Waals surface area contributed by atoms with Gasteiger partial charge in [-0.2, -0.15) is 0 Å². The minimum Gasteiger partial charge on any atom is -0.411 e. The van der Waals surface area contributed by atoms with Crippen LogP contribution in [-0.2, 0) is 6.42 Å². The van der Waals surface area contributed by atoms with Crippen molar-refractivity contribution >= 4 is 5.71 Å². The highest BCUT2D eigenvalue weighted by atomic mass is 16.4. The topological polar surface area (TPSA) is 58.4 Å². The molecule has 0 radical (unpaired) electrons. The van der Waals surface area contributed by atoms with Crippen LogP contribution in [-0.4, -0.2) is 20.9 Å². The maximum absolute atomic E-state index is 9.90. The lowest BCUT2D eigenvalue weighted by Gasteiger charge is -2.28. The Labute approximate surface area is 189 Å². The van der Waals surface area contributed by atoms with E-state index < -0.39 is 0 Å². The average molecular weight is 422 g/mol. The Bertz CT molecular complexity index is 1100. The number of hydrogen-bond donors (Lipinski definition) is 1. The maximum Gasteiger partial charge on any atom is 0.0874 e. The van der Waals surface area contributed by atoms with Crippen molar-refractivity contribution < 1.29 is 5.21 Å². The number of aryl methyl sites for hydroxylation is 1. The Hall–Kier alpha value is -3.79. The van der Waals surface area contributed by atoms with Gasteiger partial charge in [0.05, 0.1) is 5.71 Å². The molecule has 0 aliphatic heterocycles. The molecule has 2 aromatic carbocycles. The van der Waals surface area contributed by atoms with E-state index in [9.17, 15) is 5.21 Å². The molecule has 2 heterocycles. The first-order valence-electron chi connectivity index (χ1n) is 11.0. The number of benzene rings is 2. The molecule has 2 unspecified atom stereocenters. The van der Waals surface area contributed by atoms with Gasteiger partial charge in [0.25, 0.3) is 0 Å². The molecule has 1 N–H and O–H groups in total. The zero-order valence-electron chi connectivity index (χ0n) is 18.0. The van der Waals surface area contributed by atoms with E-state index in [-0.39, 0.29) is 11.8 Å². The normalized spacial score (nSPS) is 13.4. The van der Waals surface area contributed by atoms with Crippen LogP contribution in [0, 0.1) is 0 Å². The van der Waals surface area contributed by atoms with E-state index in [1.54, 1.807) is 12.4 Å². The molecule has 32 heavy (non-hydrogen) atoms. The molecule has 0 aliphatic carbocycles. The average Bonchev–Trinajstić information content (AvgIpc) is 2.88. The highest BCUT2D eigenvalue weighted by Gasteiger charge is 2.27. The molecular weight excluding hydrogens is 394 g/mol.